The molecular formula is C18H20N4O3. The summed E-state index contributed by atoms with van der Waals surface area (Å²) in [5.74, 6) is -0.0550. The molecule has 7 nitrogen and oxygen atoms in total. The topological polar surface area (TPSA) is 93.2 Å². The van der Waals surface area contributed by atoms with E-state index in [0.717, 1.165) is 31.4 Å². The van der Waals surface area contributed by atoms with Crippen LogP contribution in [0.3, 0.4) is 0 Å². The first-order valence-corrected chi connectivity index (χ1v) is 8.24. The molecule has 1 aromatic carbocycles. The number of hydrogen-bond acceptors (Lipinski definition) is 6. The number of nitrogens with one attached hydrogen (secondary N) is 2. The van der Waals surface area contributed by atoms with Crippen molar-refractivity contribution in [3.05, 3.63) is 47.9 Å². The van der Waals surface area contributed by atoms with Crippen LogP contribution in [-0.2, 0) is 4.74 Å². The molecule has 0 aliphatic heterocycles. The van der Waals surface area contributed by atoms with E-state index in [1.807, 2.05) is 0 Å². The summed E-state index contributed by atoms with van der Waals surface area (Å²) in [7, 11) is 1.34. The molecule has 0 radical (unpaired) electrons. The van der Waals surface area contributed by atoms with Gasteiger partial charge in [-0.05, 0) is 37.1 Å². The normalized spacial score (nSPS) is 14.1. The van der Waals surface area contributed by atoms with Crippen LogP contribution in [0.15, 0.2) is 36.7 Å². The van der Waals surface area contributed by atoms with Crippen molar-refractivity contribution in [2.24, 2.45) is 0 Å². The Bertz CT molecular complexity index is 738. The number of esters is 1. The number of methoxy groups -OCH3 is 1. The summed E-state index contributed by atoms with van der Waals surface area (Å²) in [5, 5.41) is 6.05. The Labute approximate surface area is 145 Å². The van der Waals surface area contributed by atoms with E-state index in [9.17, 15) is 9.59 Å². The van der Waals surface area contributed by atoms with Crippen LogP contribution < -0.4 is 10.6 Å². The lowest BCUT2D eigenvalue weighted by Crippen LogP contribution is -2.33. The van der Waals surface area contributed by atoms with Gasteiger partial charge in [-0.1, -0.05) is 12.8 Å². The van der Waals surface area contributed by atoms with Crippen molar-refractivity contribution in [1.82, 2.24) is 15.3 Å². The molecule has 0 atom stereocenters. The second kappa shape index (κ2) is 7.74. The number of rotatable bonds is 5. The molecule has 1 aliphatic rings. The van der Waals surface area contributed by atoms with Gasteiger partial charge in [0.1, 0.15) is 11.5 Å². The summed E-state index contributed by atoms with van der Waals surface area (Å²) in [6, 6.07) is 7.06. The van der Waals surface area contributed by atoms with Crippen molar-refractivity contribution in [3.8, 4) is 0 Å². The average Bonchev–Trinajstić information content (AvgIpc) is 3.15. The van der Waals surface area contributed by atoms with Crippen LogP contribution in [0.2, 0.25) is 0 Å². The lowest BCUT2D eigenvalue weighted by molar-refractivity contribution is 0.0600. The Hall–Kier alpha value is -2.96. The van der Waals surface area contributed by atoms with E-state index in [4.69, 9.17) is 0 Å². The molecule has 3 rings (SSSR count). The van der Waals surface area contributed by atoms with Crippen LogP contribution in [0.25, 0.3) is 0 Å². The van der Waals surface area contributed by atoms with Gasteiger partial charge < -0.3 is 15.4 Å². The van der Waals surface area contributed by atoms with Crippen molar-refractivity contribution in [2.45, 2.75) is 31.7 Å². The number of carbonyl (C=O) groups is 2. The standard InChI is InChI=1S/C18H20N4O3/c1-25-18(24)12-6-8-14(9-7-12)21-16-11-19-15(10-20-16)17(23)22-13-4-2-3-5-13/h6-11,13H,2-5H2,1H3,(H,20,21)(H,22,23). The summed E-state index contributed by atoms with van der Waals surface area (Å²) in [6.07, 6.45) is 7.34. The van der Waals surface area contributed by atoms with Crippen LogP contribution in [-0.4, -0.2) is 35.0 Å². The number of aromatic nitrogens is 2. The van der Waals surface area contributed by atoms with Gasteiger partial charge in [-0.25, -0.2) is 14.8 Å². The highest BCUT2D eigenvalue weighted by Gasteiger charge is 2.18. The van der Waals surface area contributed by atoms with E-state index in [1.54, 1.807) is 24.3 Å². The Morgan fingerprint density at radius 1 is 1.08 bits per heavy atom. The lowest BCUT2D eigenvalue weighted by atomic mass is 10.2. The smallest absolute Gasteiger partial charge is 0.337 e. The summed E-state index contributed by atoms with van der Waals surface area (Å²) < 4.78 is 4.66. The van der Waals surface area contributed by atoms with E-state index in [-0.39, 0.29) is 17.9 Å². The molecule has 2 aromatic rings. The molecule has 0 unspecified atom stereocenters. The highest BCUT2D eigenvalue weighted by atomic mass is 16.5. The summed E-state index contributed by atoms with van der Waals surface area (Å²) >= 11 is 0. The number of ether oxygens (including phenoxy) is 1. The number of anilines is 2. The quantitative estimate of drug-likeness (QED) is 0.813. The monoisotopic (exact) mass is 340 g/mol. The molecule has 0 spiro atoms. The van der Waals surface area contributed by atoms with Gasteiger partial charge in [-0.15, -0.1) is 0 Å². The third-order valence-electron chi connectivity index (χ3n) is 4.15. The first-order valence-electron chi connectivity index (χ1n) is 8.24. The first kappa shape index (κ1) is 16.9. The van der Waals surface area contributed by atoms with Gasteiger partial charge in [0.2, 0.25) is 0 Å². The molecule has 1 aliphatic carbocycles. The second-order valence-electron chi connectivity index (χ2n) is 5.94. The number of benzene rings is 1. The maximum Gasteiger partial charge on any atom is 0.337 e. The van der Waals surface area contributed by atoms with Gasteiger partial charge in [-0.2, -0.15) is 0 Å². The predicted octanol–water partition coefficient (Wildman–Crippen LogP) is 2.68. The SMILES string of the molecule is COC(=O)c1ccc(Nc2cnc(C(=O)NC3CCCC3)cn2)cc1. The van der Waals surface area contributed by atoms with E-state index in [0.29, 0.717) is 17.1 Å². The highest BCUT2D eigenvalue weighted by Crippen LogP contribution is 2.18. The minimum Gasteiger partial charge on any atom is -0.465 e. The minimum absolute atomic E-state index is 0.187. The molecule has 2 N–H and O–H groups in total. The van der Waals surface area contributed by atoms with Crippen molar-refractivity contribution < 1.29 is 14.3 Å². The van der Waals surface area contributed by atoms with Crippen molar-refractivity contribution in [1.29, 1.82) is 0 Å². The molecule has 1 amide bonds. The molecule has 130 valence electrons. The zero-order chi connectivity index (χ0) is 17.6. The highest BCUT2D eigenvalue weighted by molar-refractivity contribution is 5.92. The summed E-state index contributed by atoms with van der Waals surface area (Å²) in [4.78, 5) is 31.9. The third kappa shape index (κ3) is 4.32. The fraction of sp³-hybridized carbons (Fsp3) is 0.333. The van der Waals surface area contributed by atoms with Gasteiger partial charge >= 0.3 is 5.97 Å². The van der Waals surface area contributed by atoms with Crippen LogP contribution >= 0.6 is 0 Å². The van der Waals surface area contributed by atoms with Crippen LogP contribution in [0, 0.1) is 0 Å². The molecule has 7 heteroatoms. The van der Waals surface area contributed by atoms with Crippen LogP contribution in [0.5, 0.6) is 0 Å². The van der Waals surface area contributed by atoms with E-state index in [1.165, 1.54) is 19.5 Å². The Kier molecular flexibility index (Phi) is 5.23. The largest absolute Gasteiger partial charge is 0.465 e. The van der Waals surface area contributed by atoms with Crippen LogP contribution in [0.4, 0.5) is 11.5 Å². The summed E-state index contributed by atoms with van der Waals surface area (Å²) in [6.45, 7) is 0. The van der Waals surface area contributed by atoms with Gasteiger partial charge in [0.15, 0.2) is 0 Å². The molecular weight excluding hydrogens is 320 g/mol. The zero-order valence-electron chi connectivity index (χ0n) is 14.0. The van der Waals surface area contributed by atoms with Gasteiger partial charge in [-0.3, -0.25) is 4.79 Å². The minimum atomic E-state index is -0.385. The van der Waals surface area contributed by atoms with Crippen molar-refractivity contribution >= 4 is 23.4 Å². The predicted molar refractivity (Wildman–Crippen MR) is 92.8 cm³/mol. The van der Waals surface area contributed by atoms with E-state index >= 15 is 0 Å². The second-order valence-corrected chi connectivity index (χ2v) is 5.94. The average molecular weight is 340 g/mol. The maximum atomic E-state index is 12.1. The molecule has 0 saturated heterocycles. The maximum absolute atomic E-state index is 12.1. The lowest BCUT2D eigenvalue weighted by Gasteiger charge is -2.11. The van der Waals surface area contributed by atoms with Gasteiger partial charge in [0.05, 0.1) is 25.1 Å². The van der Waals surface area contributed by atoms with Gasteiger partial charge in [0.25, 0.3) is 5.91 Å². The van der Waals surface area contributed by atoms with Crippen molar-refractivity contribution in [3.63, 3.8) is 0 Å². The van der Waals surface area contributed by atoms with E-state index < -0.39 is 0 Å². The molecule has 1 fully saturated rings. The van der Waals surface area contributed by atoms with Gasteiger partial charge in [0, 0.05) is 11.7 Å². The van der Waals surface area contributed by atoms with Crippen molar-refractivity contribution in [2.75, 3.05) is 12.4 Å². The number of hydrogen-bond donors (Lipinski definition) is 2. The zero-order valence-corrected chi connectivity index (χ0v) is 14.0. The first-order chi connectivity index (χ1) is 12.2. The fourth-order valence-electron chi connectivity index (χ4n) is 2.79. The fourth-order valence-corrected chi connectivity index (χ4v) is 2.79. The number of amides is 1. The Morgan fingerprint density at radius 2 is 1.80 bits per heavy atom. The molecule has 1 saturated carbocycles. The Balaban J connectivity index is 1.60. The molecule has 25 heavy (non-hydrogen) atoms. The molecule has 0 bridgehead atoms. The van der Waals surface area contributed by atoms with Crippen LogP contribution in [0.1, 0.15) is 46.5 Å². The molecule has 1 heterocycles. The molecule has 1 aromatic heterocycles. The third-order valence-corrected chi connectivity index (χ3v) is 4.15. The summed E-state index contributed by atoms with van der Waals surface area (Å²) in [5.41, 5.74) is 1.53. The number of carbonyl (C=O) groups excluding carboxylic acids is 2. The number of nitrogens with zero attached hydrogens (tertiary/aromatic N) is 2. The van der Waals surface area contributed by atoms with E-state index in [2.05, 4.69) is 25.3 Å². The Morgan fingerprint density at radius 3 is 2.40 bits per heavy atom.